The third-order valence-corrected chi connectivity index (χ3v) is 3.62. The number of ether oxygens (including phenoxy) is 1. The first-order valence-corrected chi connectivity index (χ1v) is 6.42. The lowest BCUT2D eigenvalue weighted by Crippen LogP contribution is -2.49. The van der Waals surface area contributed by atoms with Crippen molar-refractivity contribution < 1.29 is 14.6 Å². The van der Waals surface area contributed by atoms with E-state index in [1.807, 2.05) is 0 Å². The van der Waals surface area contributed by atoms with Gasteiger partial charge in [-0.15, -0.1) is 0 Å². The Bertz CT molecular complexity index is 271. The molecule has 1 saturated heterocycles. The van der Waals surface area contributed by atoms with Crippen LogP contribution in [0.25, 0.3) is 0 Å². The smallest absolute Gasteiger partial charge is 0.315 e. The molecule has 3 N–H and O–H groups in total. The van der Waals surface area contributed by atoms with Gasteiger partial charge in [0, 0.05) is 25.8 Å². The normalized spacial score (nSPS) is 25.1. The Balaban J connectivity index is 1.66. The Morgan fingerprint density at radius 1 is 1.35 bits per heavy atom. The summed E-state index contributed by atoms with van der Waals surface area (Å²) in [5.74, 6) is 0.353. The molecule has 1 saturated carbocycles. The van der Waals surface area contributed by atoms with Crippen molar-refractivity contribution in [2.45, 2.75) is 44.2 Å². The maximum Gasteiger partial charge on any atom is 0.315 e. The molecule has 0 aromatic heterocycles. The number of urea groups is 1. The summed E-state index contributed by atoms with van der Waals surface area (Å²) in [6.45, 7) is 3.54. The zero-order valence-electron chi connectivity index (χ0n) is 10.4. The van der Waals surface area contributed by atoms with Crippen LogP contribution in [-0.4, -0.2) is 42.5 Å². The van der Waals surface area contributed by atoms with Crippen LogP contribution in [0, 0.1) is 5.92 Å². The third kappa shape index (κ3) is 3.85. The van der Waals surface area contributed by atoms with E-state index in [2.05, 4.69) is 10.6 Å². The van der Waals surface area contributed by atoms with Gasteiger partial charge in [-0.25, -0.2) is 4.79 Å². The molecule has 0 radical (unpaired) electrons. The molecule has 0 spiro atoms. The van der Waals surface area contributed by atoms with Crippen molar-refractivity contribution in [3.8, 4) is 0 Å². The van der Waals surface area contributed by atoms with E-state index in [-0.39, 0.29) is 12.1 Å². The summed E-state index contributed by atoms with van der Waals surface area (Å²) < 4.78 is 5.22. The molecule has 2 rings (SSSR count). The van der Waals surface area contributed by atoms with Gasteiger partial charge in [0.15, 0.2) is 0 Å². The molecule has 0 aromatic rings. The number of nitrogens with one attached hydrogen (secondary N) is 2. The monoisotopic (exact) mass is 242 g/mol. The average molecular weight is 242 g/mol. The largest absolute Gasteiger partial charge is 0.388 e. The lowest BCUT2D eigenvalue weighted by atomic mass is 10.0. The Labute approximate surface area is 102 Å². The highest BCUT2D eigenvalue weighted by Gasteiger charge is 2.39. The summed E-state index contributed by atoms with van der Waals surface area (Å²) in [6, 6.07) is 0.0208. The van der Waals surface area contributed by atoms with E-state index in [1.165, 1.54) is 0 Å². The van der Waals surface area contributed by atoms with Crippen molar-refractivity contribution in [2.75, 3.05) is 19.8 Å². The van der Waals surface area contributed by atoms with Gasteiger partial charge in [-0.3, -0.25) is 0 Å². The van der Waals surface area contributed by atoms with Gasteiger partial charge in [-0.1, -0.05) is 0 Å². The molecule has 1 aliphatic heterocycles. The summed E-state index contributed by atoms with van der Waals surface area (Å²) >= 11 is 0. The lowest BCUT2D eigenvalue weighted by Gasteiger charge is -2.26. The van der Waals surface area contributed by atoms with Crippen LogP contribution in [0.3, 0.4) is 0 Å². The maximum atomic E-state index is 11.6. The molecule has 2 amide bonds. The maximum absolute atomic E-state index is 11.6. The van der Waals surface area contributed by atoms with Crippen molar-refractivity contribution in [3.05, 3.63) is 0 Å². The summed E-state index contributed by atoms with van der Waals surface area (Å²) in [6.07, 6.45) is 3.87. The predicted octanol–water partition coefficient (Wildman–Crippen LogP) is 0.626. The van der Waals surface area contributed by atoms with Crippen LogP contribution in [0.4, 0.5) is 4.79 Å². The van der Waals surface area contributed by atoms with Crippen molar-refractivity contribution >= 4 is 6.03 Å². The van der Waals surface area contributed by atoms with Gasteiger partial charge in [0.1, 0.15) is 0 Å². The summed E-state index contributed by atoms with van der Waals surface area (Å²) in [4.78, 5) is 11.6. The van der Waals surface area contributed by atoms with Gasteiger partial charge >= 0.3 is 6.03 Å². The summed E-state index contributed by atoms with van der Waals surface area (Å²) in [7, 11) is 0. The average Bonchev–Trinajstić information content (AvgIpc) is 3.12. The summed E-state index contributed by atoms with van der Waals surface area (Å²) in [5.41, 5.74) is -0.757. The number of hydrogen-bond donors (Lipinski definition) is 3. The fourth-order valence-corrected chi connectivity index (χ4v) is 2.19. The van der Waals surface area contributed by atoms with Crippen molar-refractivity contribution in [3.63, 3.8) is 0 Å². The van der Waals surface area contributed by atoms with Crippen molar-refractivity contribution in [2.24, 2.45) is 5.92 Å². The minimum Gasteiger partial charge on any atom is -0.388 e. The highest BCUT2D eigenvalue weighted by Crippen LogP contribution is 2.38. The van der Waals surface area contributed by atoms with Gasteiger partial charge in [0.05, 0.1) is 5.60 Å². The first kappa shape index (κ1) is 12.6. The number of carbonyl (C=O) groups excluding carboxylic acids is 1. The first-order chi connectivity index (χ1) is 8.08. The second-order valence-electron chi connectivity index (χ2n) is 5.35. The molecule has 0 aromatic carbocycles. The van der Waals surface area contributed by atoms with Crippen LogP contribution in [0.1, 0.15) is 32.6 Å². The number of amides is 2. The first-order valence-electron chi connectivity index (χ1n) is 6.42. The van der Waals surface area contributed by atoms with E-state index < -0.39 is 5.60 Å². The Hall–Kier alpha value is -0.810. The van der Waals surface area contributed by atoms with E-state index in [4.69, 9.17) is 4.74 Å². The van der Waals surface area contributed by atoms with E-state index in [9.17, 15) is 9.90 Å². The van der Waals surface area contributed by atoms with Crippen molar-refractivity contribution in [1.29, 1.82) is 0 Å². The Morgan fingerprint density at radius 3 is 2.59 bits per heavy atom. The Kier molecular flexibility index (Phi) is 3.89. The van der Waals surface area contributed by atoms with Gasteiger partial charge in [0.25, 0.3) is 0 Å². The van der Waals surface area contributed by atoms with Crippen molar-refractivity contribution in [1.82, 2.24) is 10.6 Å². The molecule has 1 atom stereocenters. The van der Waals surface area contributed by atoms with Crippen LogP contribution in [-0.2, 0) is 4.74 Å². The molecule has 5 nitrogen and oxygen atoms in total. The van der Waals surface area contributed by atoms with E-state index >= 15 is 0 Å². The van der Waals surface area contributed by atoms with Crippen LogP contribution in [0.5, 0.6) is 0 Å². The molecule has 5 heteroatoms. The fourth-order valence-electron chi connectivity index (χ4n) is 2.19. The molecular weight excluding hydrogens is 220 g/mol. The zero-order valence-corrected chi connectivity index (χ0v) is 10.4. The fraction of sp³-hybridized carbons (Fsp3) is 0.917. The zero-order chi connectivity index (χ0) is 12.3. The quantitative estimate of drug-likeness (QED) is 0.677. The molecule has 1 heterocycles. The number of rotatable bonds is 4. The highest BCUT2D eigenvalue weighted by molar-refractivity contribution is 5.74. The molecule has 17 heavy (non-hydrogen) atoms. The van der Waals surface area contributed by atoms with Crippen LogP contribution in [0.15, 0.2) is 0 Å². The SMILES string of the molecule is C[C@@](O)(CNC(=O)NC1CCOCC1)C1CC1. The van der Waals surface area contributed by atoms with E-state index in [0.29, 0.717) is 25.7 Å². The van der Waals surface area contributed by atoms with E-state index in [0.717, 1.165) is 25.7 Å². The Morgan fingerprint density at radius 2 is 2.00 bits per heavy atom. The molecule has 98 valence electrons. The second kappa shape index (κ2) is 5.23. The minimum atomic E-state index is -0.757. The number of hydrogen-bond acceptors (Lipinski definition) is 3. The number of aliphatic hydroxyl groups is 1. The van der Waals surface area contributed by atoms with Crippen LogP contribution < -0.4 is 10.6 Å². The van der Waals surface area contributed by atoms with E-state index in [1.54, 1.807) is 6.92 Å². The number of carbonyl (C=O) groups is 1. The molecule has 2 fully saturated rings. The highest BCUT2D eigenvalue weighted by atomic mass is 16.5. The second-order valence-corrected chi connectivity index (χ2v) is 5.35. The molecule has 1 aliphatic carbocycles. The van der Waals surface area contributed by atoms with Gasteiger partial charge in [0.2, 0.25) is 0 Å². The molecule has 2 aliphatic rings. The van der Waals surface area contributed by atoms with Crippen LogP contribution >= 0.6 is 0 Å². The van der Waals surface area contributed by atoms with Crippen LogP contribution in [0.2, 0.25) is 0 Å². The molecule has 0 unspecified atom stereocenters. The van der Waals surface area contributed by atoms with Gasteiger partial charge in [-0.2, -0.15) is 0 Å². The predicted molar refractivity (Wildman–Crippen MR) is 63.7 cm³/mol. The summed E-state index contributed by atoms with van der Waals surface area (Å²) in [5, 5.41) is 15.7. The third-order valence-electron chi connectivity index (χ3n) is 3.62. The molecular formula is C12H22N2O3. The molecule has 0 bridgehead atoms. The van der Waals surface area contributed by atoms with Gasteiger partial charge in [-0.05, 0) is 38.5 Å². The standard InChI is InChI=1S/C12H22N2O3/c1-12(16,9-2-3-9)8-13-11(15)14-10-4-6-17-7-5-10/h9-10,16H,2-8H2,1H3,(H2,13,14,15)/t12-/m1/s1. The van der Waals surface area contributed by atoms with Gasteiger partial charge < -0.3 is 20.5 Å². The topological polar surface area (TPSA) is 70.6 Å². The lowest BCUT2D eigenvalue weighted by molar-refractivity contribution is 0.0387. The minimum absolute atomic E-state index is 0.183.